The first-order valence-corrected chi connectivity index (χ1v) is 6.20. The zero-order valence-electron chi connectivity index (χ0n) is 11.5. The number of anilines is 1. The smallest absolute Gasteiger partial charge is 0.277 e. The Bertz CT molecular complexity index is 609. The van der Waals surface area contributed by atoms with E-state index in [-0.39, 0.29) is 11.6 Å². The molecule has 0 aliphatic heterocycles. The summed E-state index contributed by atoms with van der Waals surface area (Å²) in [5, 5.41) is 10.4. The first kappa shape index (κ1) is 14.0. The van der Waals surface area contributed by atoms with Gasteiger partial charge in [-0.15, -0.1) is 5.10 Å². The average Bonchev–Trinajstić information content (AvgIpc) is 2.90. The van der Waals surface area contributed by atoms with Crippen LogP contribution in [0.5, 0.6) is 5.75 Å². The van der Waals surface area contributed by atoms with E-state index in [4.69, 9.17) is 10.5 Å². The number of nitrogens with one attached hydrogen (secondary N) is 1. The highest BCUT2D eigenvalue weighted by molar-refractivity contribution is 6.03. The molecule has 20 heavy (non-hydrogen) atoms. The van der Waals surface area contributed by atoms with Crippen LogP contribution in [0, 0.1) is 6.92 Å². The van der Waals surface area contributed by atoms with E-state index >= 15 is 0 Å². The van der Waals surface area contributed by atoms with Crippen LogP contribution in [-0.2, 0) is 6.54 Å². The fourth-order valence-electron chi connectivity index (χ4n) is 1.73. The molecule has 1 aromatic carbocycles. The lowest BCUT2D eigenvalue weighted by Crippen LogP contribution is -2.13. The van der Waals surface area contributed by atoms with Gasteiger partial charge < -0.3 is 15.8 Å². The van der Waals surface area contributed by atoms with Crippen molar-refractivity contribution in [2.24, 2.45) is 5.73 Å². The molecule has 0 saturated carbocycles. The molecule has 0 radical (unpaired) electrons. The highest BCUT2D eigenvalue weighted by Crippen LogP contribution is 2.21. The maximum absolute atomic E-state index is 12.0. The molecule has 0 aliphatic rings. The predicted octanol–water partition coefficient (Wildman–Crippen LogP) is 0.806. The van der Waals surface area contributed by atoms with Crippen LogP contribution >= 0.6 is 0 Å². The van der Waals surface area contributed by atoms with Crippen molar-refractivity contribution >= 4 is 11.6 Å². The van der Waals surface area contributed by atoms with Crippen molar-refractivity contribution in [1.29, 1.82) is 0 Å². The summed E-state index contributed by atoms with van der Waals surface area (Å²) < 4.78 is 6.66. The molecule has 7 nitrogen and oxygen atoms in total. The Balaban J connectivity index is 2.10. The van der Waals surface area contributed by atoms with E-state index in [1.54, 1.807) is 25.4 Å². The number of rotatable bonds is 5. The Hall–Kier alpha value is -2.41. The molecular formula is C13H17N5O2. The van der Waals surface area contributed by atoms with Crippen LogP contribution in [0.15, 0.2) is 24.4 Å². The van der Waals surface area contributed by atoms with Crippen molar-refractivity contribution in [3.8, 4) is 5.75 Å². The van der Waals surface area contributed by atoms with Gasteiger partial charge in [0.25, 0.3) is 5.91 Å². The number of carbonyl (C=O) groups excluding carboxylic acids is 1. The first-order valence-electron chi connectivity index (χ1n) is 6.20. The molecule has 0 spiro atoms. The molecule has 0 fully saturated rings. The van der Waals surface area contributed by atoms with Crippen LogP contribution in [0.2, 0.25) is 0 Å². The second kappa shape index (κ2) is 6.16. The van der Waals surface area contributed by atoms with Gasteiger partial charge in [0.1, 0.15) is 5.75 Å². The Kier molecular flexibility index (Phi) is 4.31. The largest absolute Gasteiger partial charge is 0.497 e. The van der Waals surface area contributed by atoms with E-state index in [2.05, 4.69) is 15.6 Å². The van der Waals surface area contributed by atoms with Crippen molar-refractivity contribution in [2.75, 3.05) is 19.0 Å². The second-order valence-electron chi connectivity index (χ2n) is 4.29. The number of methoxy groups -OCH3 is 1. The van der Waals surface area contributed by atoms with E-state index in [9.17, 15) is 4.79 Å². The first-order chi connectivity index (χ1) is 9.63. The van der Waals surface area contributed by atoms with Crippen molar-refractivity contribution in [2.45, 2.75) is 13.5 Å². The summed E-state index contributed by atoms with van der Waals surface area (Å²) in [6, 6.07) is 5.42. The standard InChI is InChI=1S/C13H17N5O2/c1-9-7-10(20-2)3-4-11(9)15-13(19)12-8-18(6-5-14)17-16-12/h3-4,7-8H,5-6,14H2,1-2H3,(H,15,19). The highest BCUT2D eigenvalue weighted by atomic mass is 16.5. The molecule has 106 valence electrons. The van der Waals surface area contributed by atoms with Gasteiger partial charge in [0.15, 0.2) is 5.69 Å². The summed E-state index contributed by atoms with van der Waals surface area (Å²) >= 11 is 0. The third-order valence-electron chi connectivity index (χ3n) is 2.81. The molecule has 0 atom stereocenters. The van der Waals surface area contributed by atoms with Gasteiger partial charge >= 0.3 is 0 Å². The zero-order valence-corrected chi connectivity index (χ0v) is 11.5. The number of ether oxygens (including phenoxy) is 1. The highest BCUT2D eigenvalue weighted by Gasteiger charge is 2.12. The molecule has 0 saturated heterocycles. The number of benzene rings is 1. The number of nitrogens with zero attached hydrogens (tertiary/aromatic N) is 3. The van der Waals surface area contributed by atoms with E-state index < -0.39 is 0 Å². The van der Waals surface area contributed by atoms with Crippen molar-refractivity contribution in [1.82, 2.24) is 15.0 Å². The van der Waals surface area contributed by atoms with Crippen LogP contribution in [0.25, 0.3) is 0 Å². The lowest BCUT2D eigenvalue weighted by molar-refractivity contribution is 0.102. The number of aryl methyl sites for hydroxylation is 1. The maximum atomic E-state index is 12.0. The summed E-state index contributed by atoms with van der Waals surface area (Å²) in [6.07, 6.45) is 1.57. The van der Waals surface area contributed by atoms with Gasteiger partial charge in [-0.05, 0) is 30.7 Å². The fourth-order valence-corrected chi connectivity index (χ4v) is 1.73. The van der Waals surface area contributed by atoms with Crippen LogP contribution in [0.1, 0.15) is 16.1 Å². The molecule has 3 N–H and O–H groups in total. The summed E-state index contributed by atoms with van der Waals surface area (Å²) in [5.74, 6) is 0.441. The third-order valence-corrected chi connectivity index (χ3v) is 2.81. The molecule has 0 aliphatic carbocycles. The average molecular weight is 275 g/mol. The van der Waals surface area contributed by atoms with E-state index in [1.165, 1.54) is 4.68 Å². The summed E-state index contributed by atoms with van der Waals surface area (Å²) in [6.45, 7) is 2.87. The summed E-state index contributed by atoms with van der Waals surface area (Å²) in [5.41, 5.74) is 7.30. The lowest BCUT2D eigenvalue weighted by Gasteiger charge is -2.08. The van der Waals surface area contributed by atoms with Crippen LogP contribution < -0.4 is 15.8 Å². The summed E-state index contributed by atoms with van der Waals surface area (Å²) in [7, 11) is 1.60. The van der Waals surface area contributed by atoms with Crippen molar-refractivity contribution in [3.05, 3.63) is 35.7 Å². The van der Waals surface area contributed by atoms with Gasteiger partial charge in [0.05, 0.1) is 19.9 Å². The Morgan fingerprint density at radius 1 is 1.50 bits per heavy atom. The van der Waals surface area contributed by atoms with Gasteiger partial charge in [-0.25, -0.2) is 0 Å². The number of nitrogens with two attached hydrogens (primary N) is 1. The van der Waals surface area contributed by atoms with Gasteiger partial charge in [-0.2, -0.15) is 0 Å². The minimum absolute atomic E-state index is 0.258. The van der Waals surface area contributed by atoms with Crippen LogP contribution in [0.3, 0.4) is 0 Å². The SMILES string of the molecule is COc1ccc(NC(=O)c2cn(CCN)nn2)c(C)c1. The molecular weight excluding hydrogens is 258 g/mol. The van der Waals surface area contributed by atoms with Gasteiger partial charge in [-0.3, -0.25) is 9.48 Å². The van der Waals surface area contributed by atoms with Gasteiger partial charge in [0, 0.05) is 12.2 Å². The summed E-state index contributed by atoms with van der Waals surface area (Å²) in [4.78, 5) is 12.0. The van der Waals surface area contributed by atoms with Crippen molar-refractivity contribution < 1.29 is 9.53 Å². The predicted molar refractivity (Wildman–Crippen MR) is 74.8 cm³/mol. The zero-order chi connectivity index (χ0) is 14.5. The molecule has 1 amide bonds. The van der Waals surface area contributed by atoms with Crippen LogP contribution in [0.4, 0.5) is 5.69 Å². The monoisotopic (exact) mass is 275 g/mol. The fraction of sp³-hybridized carbons (Fsp3) is 0.308. The van der Waals surface area contributed by atoms with Crippen molar-refractivity contribution in [3.63, 3.8) is 0 Å². The van der Waals surface area contributed by atoms with E-state index in [0.29, 0.717) is 18.8 Å². The molecule has 1 aromatic heterocycles. The van der Waals surface area contributed by atoms with Crippen LogP contribution in [-0.4, -0.2) is 34.6 Å². The minimum atomic E-state index is -0.304. The number of amides is 1. The Morgan fingerprint density at radius 3 is 2.95 bits per heavy atom. The topological polar surface area (TPSA) is 95.1 Å². The molecule has 2 rings (SSSR count). The van der Waals surface area contributed by atoms with E-state index in [1.807, 2.05) is 13.0 Å². The lowest BCUT2D eigenvalue weighted by atomic mass is 10.2. The number of hydrogen-bond donors (Lipinski definition) is 2. The van der Waals surface area contributed by atoms with Gasteiger partial charge in [0.2, 0.25) is 0 Å². The van der Waals surface area contributed by atoms with Gasteiger partial charge in [-0.1, -0.05) is 5.21 Å². The number of aromatic nitrogens is 3. The molecule has 0 unspecified atom stereocenters. The van der Waals surface area contributed by atoms with E-state index in [0.717, 1.165) is 11.3 Å². The second-order valence-corrected chi connectivity index (χ2v) is 4.29. The molecule has 0 bridgehead atoms. The molecule has 1 heterocycles. The maximum Gasteiger partial charge on any atom is 0.277 e. The number of carbonyl (C=O) groups is 1. The normalized spacial score (nSPS) is 10.3. The minimum Gasteiger partial charge on any atom is -0.497 e. The molecule has 2 aromatic rings. The Morgan fingerprint density at radius 2 is 2.30 bits per heavy atom. The third kappa shape index (κ3) is 3.12. The number of hydrogen-bond acceptors (Lipinski definition) is 5. The Labute approximate surface area is 116 Å². The quantitative estimate of drug-likeness (QED) is 0.841. The molecule has 7 heteroatoms.